The van der Waals surface area contributed by atoms with E-state index in [0.717, 1.165) is 6.54 Å². The Morgan fingerprint density at radius 3 is 2.82 bits per heavy atom. The number of benzene rings is 1. The third kappa shape index (κ3) is 2.31. The van der Waals surface area contributed by atoms with Crippen molar-refractivity contribution in [2.45, 2.75) is 13.5 Å². The summed E-state index contributed by atoms with van der Waals surface area (Å²) in [6.07, 6.45) is 0. The van der Waals surface area contributed by atoms with Crippen molar-refractivity contribution >= 4 is 17.7 Å². The van der Waals surface area contributed by atoms with Gasteiger partial charge in [0.2, 0.25) is 0 Å². The van der Waals surface area contributed by atoms with Gasteiger partial charge in [-0.05, 0) is 18.1 Å². The third-order valence-corrected chi connectivity index (χ3v) is 1.80. The fourth-order valence-corrected chi connectivity index (χ4v) is 1.04. The zero-order valence-electron chi connectivity index (χ0n) is 6.50. The molecule has 0 heterocycles. The van der Waals surface area contributed by atoms with Gasteiger partial charge >= 0.3 is 0 Å². The fraction of sp³-hybridized carbons (Fsp3) is 0.222. The molecular formula is C9H11NS. The number of hydrogen-bond donors (Lipinski definition) is 1. The maximum absolute atomic E-state index is 4.66. The summed E-state index contributed by atoms with van der Waals surface area (Å²) >= 11 is 4.66. The molecule has 1 N–H and O–H groups in total. The normalized spacial score (nSPS) is 9.18. The summed E-state index contributed by atoms with van der Waals surface area (Å²) in [7, 11) is 0. The molecule has 0 bridgehead atoms. The number of hydrogen-bond acceptors (Lipinski definition) is 1. The van der Waals surface area contributed by atoms with Crippen molar-refractivity contribution in [2.24, 2.45) is 0 Å². The van der Waals surface area contributed by atoms with Gasteiger partial charge in [-0.15, -0.1) is 0 Å². The first-order chi connectivity index (χ1) is 5.34. The summed E-state index contributed by atoms with van der Waals surface area (Å²) in [6, 6.07) is 8.27. The summed E-state index contributed by atoms with van der Waals surface area (Å²) in [6.45, 7) is 2.93. The summed E-state index contributed by atoms with van der Waals surface area (Å²) in [5.41, 5.74) is 4.15. The molecule has 0 saturated carbocycles. The Morgan fingerprint density at radius 2 is 2.18 bits per heavy atom. The molecule has 1 aromatic carbocycles. The van der Waals surface area contributed by atoms with Crippen molar-refractivity contribution in [3.63, 3.8) is 0 Å². The van der Waals surface area contributed by atoms with E-state index in [2.05, 4.69) is 36.6 Å². The van der Waals surface area contributed by atoms with Gasteiger partial charge in [0.1, 0.15) is 0 Å². The summed E-state index contributed by atoms with van der Waals surface area (Å²) in [5.74, 6) is 0. The molecule has 0 aromatic heterocycles. The van der Waals surface area contributed by atoms with Crippen LogP contribution in [-0.2, 0) is 6.54 Å². The van der Waals surface area contributed by atoms with Crippen LogP contribution in [0.1, 0.15) is 11.1 Å². The van der Waals surface area contributed by atoms with Crippen molar-refractivity contribution in [1.82, 2.24) is 5.32 Å². The smallest absolute Gasteiger partial charge is 0.0617 e. The van der Waals surface area contributed by atoms with Crippen LogP contribution in [0.4, 0.5) is 0 Å². The molecule has 1 rings (SSSR count). The second kappa shape index (κ2) is 4.09. The van der Waals surface area contributed by atoms with Gasteiger partial charge in [-0.25, -0.2) is 0 Å². The Kier molecular flexibility index (Phi) is 3.05. The number of aryl methyl sites for hydroxylation is 1. The Bertz CT molecular complexity index is 245. The van der Waals surface area contributed by atoms with E-state index in [1.165, 1.54) is 11.1 Å². The summed E-state index contributed by atoms with van der Waals surface area (Å²) in [4.78, 5) is 0. The molecule has 1 aromatic rings. The molecule has 0 radical (unpaired) electrons. The molecule has 0 unspecified atom stereocenters. The van der Waals surface area contributed by atoms with E-state index < -0.39 is 0 Å². The largest absolute Gasteiger partial charge is 0.378 e. The first kappa shape index (κ1) is 8.21. The van der Waals surface area contributed by atoms with Crippen LogP contribution in [0.25, 0.3) is 0 Å². The quantitative estimate of drug-likeness (QED) is 0.688. The lowest BCUT2D eigenvalue weighted by Gasteiger charge is -2.03. The van der Waals surface area contributed by atoms with Crippen LogP contribution in [-0.4, -0.2) is 5.49 Å². The van der Waals surface area contributed by atoms with Crippen molar-refractivity contribution in [1.29, 1.82) is 0 Å². The van der Waals surface area contributed by atoms with E-state index in [9.17, 15) is 0 Å². The maximum atomic E-state index is 4.66. The monoisotopic (exact) mass is 165 g/mol. The lowest BCUT2D eigenvalue weighted by atomic mass is 10.1. The molecule has 0 atom stereocenters. The molecule has 0 aliphatic rings. The zero-order valence-corrected chi connectivity index (χ0v) is 7.32. The maximum Gasteiger partial charge on any atom is 0.0617 e. The lowest BCUT2D eigenvalue weighted by Crippen LogP contribution is -2.09. The van der Waals surface area contributed by atoms with E-state index in [1.54, 1.807) is 5.49 Å². The number of rotatable bonds is 3. The van der Waals surface area contributed by atoms with Gasteiger partial charge in [0.05, 0.1) is 5.49 Å². The Balaban J connectivity index is 2.69. The van der Waals surface area contributed by atoms with Crippen LogP contribution in [0.15, 0.2) is 24.3 Å². The molecule has 0 saturated heterocycles. The number of nitrogens with one attached hydrogen (secondary N) is 1. The van der Waals surface area contributed by atoms with E-state index in [-0.39, 0.29) is 0 Å². The minimum atomic E-state index is 0.830. The second-order valence-electron chi connectivity index (χ2n) is 2.43. The van der Waals surface area contributed by atoms with Crippen LogP contribution in [0.5, 0.6) is 0 Å². The Hall–Kier alpha value is -0.890. The fourth-order valence-electron chi connectivity index (χ4n) is 0.960. The highest BCUT2D eigenvalue weighted by molar-refractivity contribution is 7.78. The Morgan fingerprint density at radius 1 is 1.45 bits per heavy atom. The van der Waals surface area contributed by atoms with Crippen molar-refractivity contribution in [3.05, 3.63) is 35.4 Å². The van der Waals surface area contributed by atoms with Gasteiger partial charge in [0, 0.05) is 6.54 Å². The predicted molar refractivity (Wildman–Crippen MR) is 51.7 cm³/mol. The van der Waals surface area contributed by atoms with Crippen LogP contribution in [0, 0.1) is 6.92 Å². The predicted octanol–water partition coefficient (Wildman–Crippen LogP) is 2.04. The molecule has 0 aliphatic heterocycles. The van der Waals surface area contributed by atoms with Gasteiger partial charge in [-0.1, -0.05) is 36.5 Å². The minimum absolute atomic E-state index is 0.830. The van der Waals surface area contributed by atoms with Gasteiger partial charge in [-0.3, -0.25) is 0 Å². The third-order valence-electron chi connectivity index (χ3n) is 1.64. The summed E-state index contributed by atoms with van der Waals surface area (Å²) in [5, 5.41) is 3.00. The summed E-state index contributed by atoms with van der Waals surface area (Å²) < 4.78 is 0. The standard InChI is InChI=1S/C9H11NS/c1-8-4-2-3-5-9(8)6-10-7-11/h2-5,7H,6H2,1H3,(H,10,11). The van der Waals surface area contributed by atoms with Gasteiger partial charge in [0.25, 0.3) is 0 Å². The van der Waals surface area contributed by atoms with Crippen LogP contribution in [0.3, 0.4) is 0 Å². The molecule has 0 aliphatic carbocycles. The van der Waals surface area contributed by atoms with Crippen LogP contribution >= 0.6 is 12.2 Å². The van der Waals surface area contributed by atoms with Crippen LogP contribution in [0.2, 0.25) is 0 Å². The average Bonchev–Trinajstić information content (AvgIpc) is 2.03. The zero-order chi connectivity index (χ0) is 8.10. The van der Waals surface area contributed by atoms with Crippen molar-refractivity contribution in [2.75, 3.05) is 0 Å². The molecule has 11 heavy (non-hydrogen) atoms. The van der Waals surface area contributed by atoms with Crippen LogP contribution < -0.4 is 5.32 Å². The van der Waals surface area contributed by atoms with E-state index in [4.69, 9.17) is 0 Å². The molecule has 1 nitrogen and oxygen atoms in total. The average molecular weight is 165 g/mol. The van der Waals surface area contributed by atoms with E-state index in [0.29, 0.717) is 0 Å². The van der Waals surface area contributed by atoms with E-state index in [1.807, 2.05) is 12.1 Å². The molecule has 58 valence electrons. The first-order valence-corrected chi connectivity index (χ1v) is 4.03. The van der Waals surface area contributed by atoms with Crippen molar-refractivity contribution < 1.29 is 0 Å². The highest BCUT2D eigenvalue weighted by atomic mass is 32.1. The second-order valence-corrected chi connectivity index (χ2v) is 2.66. The first-order valence-electron chi connectivity index (χ1n) is 3.56. The molecule has 0 amide bonds. The highest BCUT2D eigenvalue weighted by Gasteiger charge is 1.92. The Labute approximate surface area is 72.4 Å². The highest BCUT2D eigenvalue weighted by Crippen LogP contribution is 2.05. The lowest BCUT2D eigenvalue weighted by molar-refractivity contribution is 0.933. The van der Waals surface area contributed by atoms with Gasteiger partial charge < -0.3 is 5.32 Å². The SMILES string of the molecule is Cc1ccccc1CNC=S. The molecule has 0 fully saturated rings. The minimum Gasteiger partial charge on any atom is -0.378 e. The molecule has 2 heteroatoms. The van der Waals surface area contributed by atoms with Gasteiger partial charge in [-0.2, -0.15) is 0 Å². The number of thiocarbonyl (C=S) groups is 1. The van der Waals surface area contributed by atoms with E-state index >= 15 is 0 Å². The topological polar surface area (TPSA) is 12.0 Å². The molecular weight excluding hydrogens is 154 g/mol. The van der Waals surface area contributed by atoms with Crippen molar-refractivity contribution in [3.8, 4) is 0 Å². The molecule has 0 spiro atoms. The van der Waals surface area contributed by atoms with Gasteiger partial charge in [0.15, 0.2) is 0 Å².